The van der Waals surface area contributed by atoms with E-state index in [0.29, 0.717) is 5.75 Å². The van der Waals surface area contributed by atoms with E-state index in [9.17, 15) is 10.1 Å². The van der Waals surface area contributed by atoms with Gasteiger partial charge in [0.25, 0.3) is 0 Å². The molecule has 3 rings (SSSR count). The van der Waals surface area contributed by atoms with E-state index in [2.05, 4.69) is 4.98 Å². The van der Waals surface area contributed by atoms with Gasteiger partial charge in [-0.05, 0) is 36.4 Å². The van der Waals surface area contributed by atoms with Crippen molar-refractivity contribution in [1.82, 2.24) is 4.98 Å². The second-order valence-electron chi connectivity index (χ2n) is 4.27. The molecule has 0 spiro atoms. The molecule has 0 N–H and O–H groups in total. The maximum atomic E-state index is 11.1. The Morgan fingerprint density at radius 1 is 1.05 bits per heavy atom. The van der Waals surface area contributed by atoms with Gasteiger partial charge in [0.1, 0.15) is 10.8 Å². The molecule has 0 bridgehead atoms. The summed E-state index contributed by atoms with van der Waals surface area (Å²) in [6, 6.07) is 13.5. The van der Waals surface area contributed by atoms with Crippen LogP contribution in [-0.2, 0) is 0 Å². The molecule has 0 radical (unpaired) electrons. The summed E-state index contributed by atoms with van der Waals surface area (Å²) in [6.07, 6.45) is 1.67. The van der Waals surface area contributed by atoms with Crippen molar-refractivity contribution in [2.45, 2.75) is 0 Å². The summed E-state index contributed by atoms with van der Waals surface area (Å²) in [4.78, 5) is 14.8. The van der Waals surface area contributed by atoms with Crippen LogP contribution in [-0.4, -0.2) is 9.91 Å². The van der Waals surface area contributed by atoms with Crippen LogP contribution in [0, 0.1) is 10.1 Å². The highest BCUT2D eigenvalue weighted by atomic mass is 35.5. The minimum Gasteiger partial charge on any atom is -0.449 e. The zero-order chi connectivity index (χ0) is 14.8. The van der Waals surface area contributed by atoms with E-state index < -0.39 is 4.92 Å². The molecule has 1 heterocycles. The Morgan fingerprint density at radius 3 is 2.62 bits per heavy atom. The molecule has 104 valence electrons. The first-order valence-corrected chi connectivity index (χ1v) is 6.49. The van der Waals surface area contributed by atoms with Crippen molar-refractivity contribution in [1.29, 1.82) is 0 Å². The highest BCUT2D eigenvalue weighted by Crippen LogP contribution is 2.38. The number of para-hydroxylation sites is 1. The van der Waals surface area contributed by atoms with Crippen LogP contribution in [0.25, 0.3) is 10.9 Å². The van der Waals surface area contributed by atoms with Crippen molar-refractivity contribution in [2.75, 3.05) is 0 Å². The predicted octanol–water partition coefficient (Wildman–Crippen LogP) is 4.59. The first-order valence-electron chi connectivity index (χ1n) is 6.11. The average Bonchev–Trinajstić information content (AvgIpc) is 2.47. The number of rotatable bonds is 3. The van der Waals surface area contributed by atoms with Gasteiger partial charge in [0, 0.05) is 11.6 Å². The van der Waals surface area contributed by atoms with Crippen molar-refractivity contribution < 1.29 is 9.66 Å². The van der Waals surface area contributed by atoms with Crippen LogP contribution in [0.2, 0.25) is 5.02 Å². The highest BCUT2D eigenvalue weighted by Gasteiger charge is 2.20. The van der Waals surface area contributed by atoms with Crippen molar-refractivity contribution in [2.24, 2.45) is 0 Å². The smallest absolute Gasteiger partial charge is 0.329 e. The van der Waals surface area contributed by atoms with Crippen LogP contribution in [0.15, 0.2) is 54.7 Å². The summed E-state index contributed by atoms with van der Waals surface area (Å²) in [7, 11) is 0. The fourth-order valence-corrected chi connectivity index (χ4v) is 2.27. The Hall–Kier alpha value is -2.66. The molecule has 0 unspecified atom stereocenters. The highest BCUT2D eigenvalue weighted by molar-refractivity contribution is 6.33. The molecule has 1 aromatic heterocycles. The Morgan fingerprint density at radius 2 is 1.81 bits per heavy atom. The molecule has 2 aromatic carbocycles. The topological polar surface area (TPSA) is 65.3 Å². The molecule has 0 atom stereocenters. The fraction of sp³-hybridized carbons (Fsp3) is 0. The van der Waals surface area contributed by atoms with E-state index in [-0.39, 0.29) is 16.5 Å². The number of benzene rings is 2. The van der Waals surface area contributed by atoms with Crippen LogP contribution in [0.5, 0.6) is 11.5 Å². The van der Waals surface area contributed by atoms with Gasteiger partial charge in [-0.25, -0.2) is 0 Å². The standard InChI is InChI=1S/C15H9ClN2O3/c16-11-5-1-8-14(15(11)18(19)20)21-13-7-2-6-12-10(13)4-3-9-17-12/h1-9H. The third kappa shape index (κ3) is 2.51. The predicted molar refractivity (Wildman–Crippen MR) is 79.9 cm³/mol. The Labute approximate surface area is 124 Å². The van der Waals surface area contributed by atoms with Crippen LogP contribution in [0.4, 0.5) is 5.69 Å². The summed E-state index contributed by atoms with van der Waals surface area (Å²) < 4.78 is 5.70. The number of nitrogens with zero attached hydrogens (tertiary/aromatic N) is 2. The third-order valence-corrected chi connectivity index (χ3v) is 3.26. The molecule has 21 heavy (non-hydrogen) atoms. The Bertz CT molecular complexity index is 831. The van der Waals surface area contributed by atoms with Crippen LogP contribution < -0.4 is 4.74 Å². The van der Waals surface area contributed by atoms with Crippen LogP contribution in [0.3, 0.4) is 0 Å². The number of halogens is 1. The van der Waals surface area contributed by atoms with Gasteiger partial charge in [-0.15, -0.1) is 0 Å². The van der Waals surface area contributed by atoms with E-state index in [1.807, 2.05) is 12.1 Å². The molecular weight excluding hydrogens is 292 g/mol. The average molecular weight is 301 g/mol. The number of hydrogen-bond donors (Lipinski definition) is 0. The van der Waals surface area contributed by atoms with Gasteiger partial charge in [-0.3, -0.25) is 15.1 Å². The molecule has 5 nitrogen and oxygen atoms in total. The minimum absolute atomic E-state index is 0.0378. The lowest BCUT2D eigenvalue weighted by Gasteiger charge is -2.09. The van der Waals surface area contributed by atoms with Crippen molar-refractivity contribution >= 4 is 28.2 Å². The first kappa shape index (κ1) is 13.3. The second-order valence-corrected chi connectivity index (χ2v) is 4.68. The van der Waals surface area contributed by atoms with Gasteiger partial charge in [0.15, 0.2) is 0 Å². The summed E-state index contributed by atoms with van der Waals surface area (Å²) in [5, 5.41) is 11.9. The fourth-order valence-electron chi connectivity index (χ4n) is 2.04. The molecular formula is C15H9ClN2O3. The molecule has 0 saturated carbocycles. The molecule has 0 saturated heterocycles. The summed E-state index contributed by atoms with van der Waals surface area (Å²) in [6.45, 7) is 0. The van der Waals surface area contributed by atoms with Crippen molar-refractivity contribution in [3.8, 4) is 11.5 Å². The first-order chi connectivity index (χ1) is 10.2. The number of ether oxygens (including phenoxy) is 1. The molecule has 0 fully saturated rings. The van der Waals surface area contributed by atoms with Crippen molar-refractivity contribution in [3.63, 3.8) is 0 Å². The van der Waals surface area contributed by atoms with Gasteiger partial charge in [0.05, 0.1) is 10.4 Å². The molecule has 0 aliphatic heterocycles. The molecule has 3 aromatic rings. The Balaban J connectivity index is 2.12. The molecule has 0 aliphatic rings. The lowest BCUT2D eigenvalue weighted by molar-refractivity contribution is -0.385. The number of pyridine rings is 1. The normalized spacial score (nSPS) is 10.5. The van der Waals surface area contributed by atoms with E-state index in [4.69, 9.17) is 16.3 Å². The summed E-state index contributed by atoms with van der Waals surface area (Å²) in [5.41, 5.74) is 0.500. The zero-order valence-corrected chi connectivity index (χ0v) is 11.4. The number of nitro benzene ring substituents is 1. The molecule has 0 aliphatic carbocycles. The van der Waals surface area contributed by atoms with Gasteiger partial charge in [-0.1, -0.05) is 23.7 Å². The Kier molecular flexibility index (Phi) is 3.41. The number of fused-ring (bicyclic) bond motifs is 1. The van der Waals surface area contributed by atoms with Crippen LogP contribution in [0.1, 0.15) is 0 Å². The quantitative estimate of drug-likeness (QED) is 0.524. The van der Waals surface area contributed by atoms with Gasteiger partial charge in [0.2, 0.25) is 5.75 Å². The maximum absolute atomic E-state index is 11.1. The SMILES string of the molecule is O=[N+]([O-])c1c(Cl)cccc1Oc1cccc2ncccc12. The zero-order valence-electron chi connectivity index (χ0n) is 10.7. The minimum atomic E-state index is -0.555. The van der Waals surface area contributed by atoms with Crippen molar-refractivity contribution in [3.05, 3.63) is 69.9 Å². The molecule has 0 amide bonds. The van der Waals surface area contributed by atoms with Gasteiger partial charge < -0.3 is 4.74 Å². The second kappa shape index (κ2) is 5.38. The molecule has 6 heteroatoms. The van der Waals surface area contributed by atoms with E-state index in [1.54, 1.807) is 30.5 Å². The lowest BCUT2D eigenvalue weighted by atomic mass is 10.2. The van der Waals surface area contributed by atoms with E-state index in [1.165, 1.54) is 12.1 Å². The largest absolute Gasteiger partial charge is 0.449 e. The number of hydrogen-bond acceptors (Lipinski definition) is 4. The van der Waals surface area contributed by atoms with Gasteiger partial charge in [-0.2, -0.15) is 0 Å². The summed E-state index contributed by atoms with van der Waals surface area (Å²) in [5.74, 6) is 0.592. The van der Waals surface area contributed by atoms with Gasteiger partial charge >= 0.3 is 5.69 Å². The third-order valence-electron chi connectivity index (χ3n) is 2.96. The monoisotopic (exact) mass is 300 g/mol. The number of aromatic nitrogens is 1. The van der Waals surface area contributed by atoms with Crippen LogP contribution >= 0.6 is 11.6 Å². The number of nitro groups is 1. The lowest BCUT2D eigenvalue weighted by Crippen LogP contribution is -1.95. The van der Waals surface area contributed by atoms with E-state index in [0.717, 1.165) is 10.9 Å². The van der Waals surface area contributed by atoms with E-state index >= 15 is 0 Å². The summed E-state index contributed by atoms with van der Waals surface area (Å²) >= 11 is 5.87. The maximum Gasteiger partial charge on any atom is 0.329 e.